The molecule has 10 nitrogen and oxygen atoms in total. The zero-order valence-electron chi connectivity index (χ0n) is 18.4. The van der Waals surface area contributed by atoms with Gasteiger partial charge in [-0.2, -0.15) is 10.1 Å². The van der Waals surface area contributed by atoms with Crippen LogP contribution in [0.15, 0.2) is 18.3 Å². The Bertz CT molecular complexity index is 1020. The highest BCUT2D eigenvalue weighted by molar-refractivity contribution is 5.90. The minimum atomic E-state index is 0.373. The minimum Gasteiger partial charge on any atom is -0.380 e. The number of fused-ring (bicyclic) bond motifs is 1. The van der Waals surface area contributed by atoms with Crippen molar-refractivity contribution in [1.29, 1.82) is 0 Å². The average molecular weight is 427 g/mol. The molecule has 0 bridgehead atoms. The molecular formula is C21H30N8O2. The number of aryl methyl sites for hydroxylation is 1. The first-order valence-corrected chi connectivity index (χ1v) is 10.7. The second-order valence-corrected chi connectivity index (χ2v) is 7.45. The van der Waals surface area contributed by atoms with E-state index in [9.17, 15) is 0 Å². The Balaban J connectivity index is 1.82. The standard InChI is InChI=1S/C21H30N8O2/c1-4-31-12-11-29-19-18(16(27-29)14-30-3)25-21(28-9-7-22-8-10-28)26-20(19)24-17-13-15(2)5-6-23-17/h5-6,13,22H,4,7-12,14H2,1-3H3,(H,23,24,25,26). The van der Waals surface area contributed by atoms with Crippen molar-refractivity contribution in [3.8, 4) is 0 Å². The molecule has 0 unspecified atom stereocenters. The van der Waals surface area contributed by atoms with Crippen molar-refractivity contribution in [1.82, 2.24) is 30.0 Å². The second kappa shape index (κ2) is 9.99. The molecule has 0 spiro atoms. The first-order valence-electron chi connectivity index (χ1n) is 10.7. The molecule has 4 rings (SSSR count). The monoisotopic (exact) mass is 426 g/mol. The lowest BCUT2D eigenvalue weighted by Crippen LogP contribution is -2.44. The van der Waals surface area contributed by atoms with Crippen LogP contribution < -0.4 is 15.5 Å². The van der Waals surface area contributed by atoms with Gasteiger partial charge in [0.2, 0.25) is 5.95 Å². The van der Waals surface area contributed by atoms with Crippen molar-refractivity contribution in [3.05, 3.63) is 29.6 Å². The fourth-order valence-corrected chi connectivity index (χ4v) is 3.64. The van der Waals surface area contributed by atoms with Crippen molar-refractivity contribution in [3.63, 3.8) is 0 Å². The van der Waals surface area contributed by atoms with E-state index in [1.54, 1.807) is 13.3 Å². The highest BCUT2D eigenvalue weighted by atomic mass is 16.5. The molecule has 0 radical (unpaired) electrons. The van der Waals surface area contributed by atoms with Crippen LogP contribution in [0.4, 0.5) is 17.6 Å². The first-order chi connectivity index (χ1) is 15.2. The molecule has 0 amide bonds. The lowest BCUT2D eigenvalue weighted by atomic mass is 10.3. The molecule has 1 aliphatic heterocycles. The fraction of sp³-hybridized carbons (Fsp3) is 0.524. The second-order valence-electron chi connectivity index (χ2n) is 7.45. The summed E-state index contributed by atoms with van der Waals surface area (Å²) in [4.78, 5) is 16.5. The first kappa shape index (κ1) is 21.4. The number of piperazine rings is 1. The normalized spacial score (nSPS) is 14.4. The van der Waals surface area contributed by atoms with E-state index in [1.807, 2.05) is 30.7 Å². The Morgan fingerprint density at radius 2 is 2.06 bits per heavy atom. The highest BCUT2D eigenvalue weighted by Gasteiger charge is 2.22. The zero-order valence-corrected chi connectivity index (χ0v) is 18.4. The summed E-state index contributed by atoms with van der Waals surface area (Å²) in [5.41, 5.74) is 3.52. The quantitative estimate of drug-likeness (QED) is 0.496. The van der Waals surface area contributed by atoms with Gasteiger partial charge in [-0.15, -0.1) is 0 Å². The maximum Gasteiger partial charge on any atom is 0.228 e. The summed E-state index contributed by atoms with van der Waals surface area (Å²) in [5, 5.41) is 11.6. The molecule has 4 heterocycles. The molecule has 3 aromatic rings. The number of nitrogens with zero attached hydrogens (tertiary/aromatic N) is 6. The van der Waals surface area contributed by atoms with Crippen molar-refractivity contribution in [2.45, 2.75) is 27.0 Å². The Labute approximate surface area is 182 Å². The number of anilines is 3. The third kappa shape index (κ3) is 4.92. The molecule has 0 aromatic carbocycles. The van der Waals surface area contributed by atoms with Gasteiger partial charge in [0.15, 0.2) is 5.82 Å². The summed E-state index contributed by atoms with van der Waals surface area (Å²) < 4.78 is 12.9. The van der Waals surface area contributed by atoms with E-state index in [0.717, 1.165) is 54.3 Å². The molecule has 0 atom stereocenters. The van der Waals surface area contributed by atoms with Crippen LogP contribution in [-0.2, 0) is 22.6 Å². The third-order valence-electron chi connectivity index (χ3n) is 5.14. The van der Waals surface area contributed by atoms with Gasteiger partial charge in [0.05, 0.1) is 19.8 Å². The topological polar surface area (TPSA) is 102 Å². The average Bonchev–Trinajstić information content (AvgIpc) is 3.12. The van der Waals surface area contributed by atoms with Crippen LogP contribution in [-0.4, -0.2) is 71.2 Å². The number of ether oxygens (including phenoxy) is 2. The van der Waals surface area contributed by atoms with Gasteiger partial charge >= 0.3 is 0 Å². The van der Waals surface area contributed by atoms with Crippen molar-refractivity contribution in [2.75, 3.05) is 56.7 Å². The number of methoxy groups -OCH3 is 1. The lowest BCUT2D eigenvalue weighted by molar-refractivity contribution is 0.136. The maximum absolute atomic E-state index is 5.57. The number of nitrogens with one attached hydrogen (secondary N) is 2. The van der Waals surface area contributed by atoms with Crippen LogP contribution in [0.1, 0.15) is 18.2 Å². The highest BCUT2D eigenvalue weighted by Crippen LogP contribution is 2.29. The van der Waals surface area contributed by atoms with Gasteiger partial charge < -0.3 is 25.0 Å². The third-order valence-corrected chi connectivity index (χ3v) is 5.14. The molecule has 1 saturated heterocycles. The molecule has 0 saturated carbocycles. The molecule has 31 heavy (non-hydrogen) atoms. The summed E-state index contributed by atoms with van der Waals surface area (Å²) >= 11 is 0. The predicted molar refractivity (Wildman–Crippen MR) is 120 cm³/mol. The van der Waals surface area contributed by atoms with Crippen LogP contribution >= 0.6 is 0 Å². The molecule has 3 aromatic heterocycles. The molecule has 166 valence electrons. The maximum atomic E-state index is 5.57. The molecule has 2 N–H and O–H groups in total. The predicted octanol–water partition coefficient (Wildman–Crippen LogP) is 1.87. The summed E-state index contributed by atoms with van der Waals surface area (Å²) in [6.45, 7) is 9.72. The van der Waals surface area contributed by atoms with E-state index in [4.69, 9.17) is 24.5 Å². The number of hydrogen-bond acceptors (Lipinski definition) is 9. The van der Waals surface area contributed by atoms with E-state index in [0.29, 0.717) is 38.1 Å². The van der Waals surface area contributed by atoms with E-state index in [1.165, 1.54) is 0 Å². The minimum absolute atomic E-state index is 0.373. The molecule has 0 aliphatic carbocycles. The SMILES string of the molecule is CCOCCn1nc(COC)c2nc(N3CCNCC3)nc(Nc3cc(C)ccn3)c21. The molecule has 1 fully saturated rings. The van der Waals surface area contributed by atoms with Gasteiger partial charge in [-0.05, 0) is 31.5 Å². The van der Waals surface area contributed by atoms with Gasteiger partial charge in [-0.25, -0.2) is 9.97 Å². The summed E-state index contributed by atoms with van der Waals surface area (Å²) in [6, 6.07) is 3.96. The fourth-order valence-electron chi connectivity index (χ4n) is 3.64. The van der Waals surface area contributed by atoms with E-state index < -0.39 is 0 Å². The van der Waals surface area contributed by atoms with Gasteiger partial charge in [0.25, 0.3) is 0 Å². The molecule has 1 aliphatic rings. The number of pyridine rings is 1. The zero-order chi connectivity index (χ0) is 21.6. The summed E-state index contributed by atoms with van der Waals surface area (Å²) in [7, 11) is 1.67. The molecule has 10 heteroatoms. The number of aromatic nitrogens is 5. The van der Waals surface area contributed by atoms with Gasteiger partial charge in [0, 0.05) is 46.1 Å². The lowest BCUT2D eigenvalue weighted by Gasteiger charge is -2.27. The summed E-state index contributed by atoms with van der Waals surface area (Å²) in [6.07, 6.45) is 1.79. The van der Waals surface area contributed by atoms with Gasteiger partial charge in [0.1, 0.15) is 22.5 Å². The van der Waals surface area contributed by atoms with E-state index in [2.05, 4.69) is 20.5 Å². The van der Waals surface area contributed by atoms with Crippen LogP contribution in [0, 0.1) is 6.92 Å². The Kier molecular flexibility index (Phi) is 6.90. The van der Waals surface area contributed by atoms with Crippen molar-refractivity contribution >= 4 is 28.6 Å². The number of rotatable bonds is 9. The van der Waals surface area contributed by atoms with Gasteiger partial charge in [-0.3, -0.25) is 4.68 Å². The van der Waals surface area contributed by atoms with Gasteiger partial charge in [-0.1, -0.05) is 0 Å². The van der Waals surface area contributed by atoms with Crippen molar-refractivity contribution < 1.29 is 9.47 Å². The van der Waals surface area contributed by atoms with E-state index in [-0.39, 0.29) is 0 Å². The van der Waals surface area contributed by atoms with Crippen LogP contribution in [0.2, 0.25) is 0 Å². The summed E-state index contributed by atoms with van der Waals surface area (Å²) in [5.74, 6) is 2.10. The van der Waals surface area contributed by atoms with Crippen LogP contribution in [0.3, 0.4) is 0 Å². The largest absolute Gasteiger partial charge is 0.380 e. The Morgan fingerprint density at radius 3 is 2.81 bits per heavy atom. The Hall–Kier alpha value is -2.82. The molecular weight excluding hydrogens is 396 g/mol. The Morgan fingerprint density at radius 1 is 1.23 bits per heavy atom. The van der Waals surface area contributed by atoms with Crippen molar-refractivity contribution in [2.24, 2.45) is 0 Å². The van der Waals surface area contributed by atoms with Crippen LogP contribution in [0.5, 0.6) is 0 Å². The van der Waals surface area contributed by atoms with E-state index >= 15 is 0 Å². The van der Waals surface area contributed by atoms with Crippen LogP contribution in [0.25, 0.3) is 11.0 Å². The smallest absolute Gasteiger partial charge is 0.228 e. The number of hydrogen-bond donors (Lipinski definition) is 2.